The smallest absolute Gasteiger partial charge is 0.257 e. The van der Waals surface area contributed by atoms with E-state index in [1.54, 1.807) is 11.8 Å². The summed E-state index contributed by atoms with van der Waals surface area (Å²) in [6.45, 7) is 0. The second-order valence-corrected chi connectivity index (χ2v) is 7.95. The lowest BCUT2D eigenvalue weighted by Crippen LogP contribution is -2.38. The van der Waals surface area contributed by atoms with Crippen LogP contribution in [0.3, 0.4) is 0 Å². The molecule has 1 aliphatic heterocycles. The van der Waals surface area contributed by atoms with Gasteiger partial charge in [-0.3, -0.25) is 10.1 Å². The van der Waals surface area contributed by atoms with E-state index in [4.69, 9.17) is 12.2 Å². The molecule has 0 spiro atoms. The zero-order valence-electron chi connectivity index (χ0n) is 13.9. The van der Waals surface area contributed by atoms with Crippen LogP contribution < -0.4 is 10.6 Å². The van der Waals surface area contributed by atoms with Gasteiger partial charge in [-0.15, -0.1) is 11.8 Å². The van der Waals surface area contributed by atoms with Crippen LogP contribution in [0.15, 0.2) is 28.8 Å². The molecule has 8 heteroatoms. The maximum absolute atomic E-state index is 13.3. The van der Waals surface area contributed by atoms with E-state index in [0.717, 1.165) is 37.8 Å². The van der Waals surface area contributed by atoms with Gasteiger partial charge < -0.3 is 5.32 Å². The number of fused-ring (bicyclic) bond motifs is 1. The fourth-order valence-electron chi connectivity index (χ4n) is 3.31. The Morgan fingerprint density at radius 1 is 1.23 bits per heavy atom. The highest BCUT2D eigenvalue weighted by molar-refractivity contribution is 8.04. The Morgan fingerprint density at radius 3 is 2.73 bits per heavy atom. The SMILES string of the molecule is N#CC1=C(NC(=S)NC(=O)c2ccc(F)c(F)c2)S[C@@H]2CCCCC[C@@H]12. The van der Waals surface area contributed by atoms with Crippen LogP contribution in [0.4, 0.5) is 8.78 Å². The Bertz CT molecular complexity index is 819. The summed E-state index contributed by atoms with van der Waals surface area (Å²) >= 11 is 6.74. The molecule has 0 aromatic heterocycles. The van der Waals surface area contributed by atoms with Gasteiger partial charge in [0.25, 0.3) is 5.91 Å². The minimum atomic E-state index is -1.10. The molecule has 1 amide bonds. The summed E-state index contributed by atoms with van der Waals surface area (Å²) in [5.74, 6) is -2.54. The van der Waals surface area contributed by atoms with E-state index in [9.17, 15) is 18.8 Å². The molecule has 1 fully saturated rings. The summed E-state index contributed by atoms with van der Waals surface area (Å²) < 4.78 is 26.2. The summed E-state index contributed by atoms with van der Waals surface area (Å²) in [7, 11) is 0. The Hall–Kier alpha value is -1.98. The van der Waals surface area contributed by atoms with Crippen molar-refractivity contribution in [1.82, 2.24) is 10.6 Å². The van der Waals surface area contributed by atoms with Crippen molar-refractivity contribution >= 4 is 35.0 Å². The molecule has 0 saturated heterocycles. The van der Waals surface area contributed by atoms with Gasteiger partial charge in [-0.05, 0) is 43.3 Å². The number of halogens is 2. The lowest BCUT2D eigenvalue weighted by Gasteiger charge is -2.14. The number of allylic oxidation sites excluding steroid dienone is 1. The number of nitrogens with zero attached hydrogens (tertiary/aromatic N) is 1. The largest absolute Gasteiger partial charge is 0.326 e. The number of rotatable bonds is 2. The van der Waals surface area contributed by atoms with E-state index in [1.807, 2.05) is 0 Å². The number of thiocarbonyl (C=S) groups is 1. The van der Waals surface area contributed by atoms with Crippen LogP contribution in [0, 0.1) is 28.9 Å². The lowest BCUT2D eigenvalue weighted by atomic mass is 9.93. The second kappa shape index (κ2) is 8.14. The molecule has 1 aliphatic carbocycles. The maximum Gasteiger partial charge on any atom is 0.257 e. The Balaban J connectivity index is 1.67. The van der Waals surface area contributed by atoms with E-state index in [2.05, 4.69) is 16.7 Å². The number of benzene rings is 1. The Morgan fingerprint density at radius 2 is 2.00 bits per heavy atom. The number of nitriles is 1. The summed E-state index contributed by atoms with van der Waals surface area (Å²) in [5.41, 5.74) is 0.651. The molecule has 26 heavy (non-hydrogen) atoms. The standard InChI is InChI=1S/C18H17F2N3OS2/c19-13-7-6-10(8-14(13)20)16(24)22-18(25)23-17-12(9-21)11-4-2-1-3-5-15(11)26-17/h6-8,11,15H,1-5H2,(H2,22,23,24,25)/t11-,15+/m0/s1. The summed E-state index contributed by atoms with van der Waals surface area (Å²) in [6, 6.07) is 5.16. The van der Waals surface area contributed by atoms with Crippen LogP contribution >= 0.6 is 24.0 Å². The zero-order valence-corrected chi connectivity index (χ0v) is 15.5. The van der Waals surface area contributed by atoms with Crippen LogP contribution in [-0.2, 0) is 0 Å². The van der Waals surface area contributed by atoms with Gasteiger partial charge in [0.15, 0.2) is 16.7 Å². The molecule has 2 aliphatic rings. The first-order valence-electron chi connectivity index (χ1n) is 8.38. The molecule has 1 aromatic carbocycles. The minimum absolute atomic E-state index is 0.0337. The fourth-order valence-corrected chi connectivity index (χ4v) is 5.07. The fraction of sp³-hybridized carbons (Fsp3) is 0.389. The van der Waals surface area contributed by atoms with Gasteiger partial charge in [-0.25, -0.2) is 8.78 Å². The average Bonchev–Trinajstić information content (AvgIpc) is 2.77. The molecule has 1 saturated carbocycles. The maximum atomic E-state index is 13.3. The van der Waals surface area contributed by atoms with Gasteiger partial charge in [0.05, 0.1) is 16.7 Å². The van der Waals surface area contributed by atoms with E-state index in [1.165, 1.54) is 12.5 Å². The molecule has 4 nitrogen and oxygen atoms in total. The van der Waals surface area contributed by atoms with Crippen molar-refractivity contribution in [2.24, 2.45) is 5.92 Å². The van der Waals surface area contributed by atoms with Crippen molar-refractivity contribution in [3.63, 3.8) is 0 Å². The van der Waals surface area contributed by atoms with Gasteiger partial charge in [0.1, 0.15) is 0 Å². The third kappa shape index (κ3) is 4.05. The molecular formula is C18H17F2N3OS2. The van der Waals surface area contributed by atoms with Crippen molar-refractivity contribution in [3.05, 3.63) is 46.0 Å². The van der Waals surface area contributed by atoms with Crippen molar-refractivity contribution in [3.8, 4) is 6.07 Å². The van der Waals surface area contributed by atoms with Crippen LogP contribution in [0.1, 0.15) is 42.5 Å². The monoisotopic (exact) mass is 393 g/mol. The number of carbonyl (C=O) groups is 1. The molecule has 136 valence electrons. The van der Waals surface area contributed by atoms with Gasteiger partial charge >= 0.3 is 0 Å². The molecule has 3 rings (SSSR count). The second-order valence-electron chi connectivity index (χ2n) is 6.29. The molecule has 1 aromatic rings. The summed E-state index contributed by atoms with van der Waals surface area (Å²) in [6.07, 6.45) is 5.49. The Labute approximate surface area is 160 Å². The van der Waals surface area contributed by atoms with Crippen molar-refractivity contribution in [1.29, 1.82) is 5.26 Å². The van der Waals surface area contributed by atoms with E-state index in [-0.39, 0.29) is 16.6 Å². The minimum Gasteiger partial charge on any atom is -0.326 e. The molecule has 2 atom stereocenters. The number of hydrogen-bond donors (Lipinski definition) is 2. The summed E-state index contributed by atoms with van der Waals surface area (Å²) in [5, 5.41) is 16.0. The number of nitrogens with one attached hydrogen (secondary N) is 2. The van der Waals surface area contributed by atoms with E-state index < -0.39 is 17.5 Å². The topological polar surface area (TPSA) is 64.9 Å². The van der Waals surface area contributed by atoms with Crippen LogP contribution in [0.5, 0.6) is 0 Å². The predicted octanol–water partition coefficient (Wildman–Crippen LogP) is 4.00. The Kier molecular flexibility index (Phi) is 5.89. The van der Waals surface area contributed by atoms with Crippen molar-refractivity contribution in [2.45, 2.75) is 37.4 Å². The first-order valence-corrected chi connectivity index (χ1v) is 9.66. The first kappa shape index (κ1) is 18.8. The normalized spacial score (nSPS) is 22.2. The van der Waals surface area contributed by atoms with Gasteiger partial charge in [-0.1, -0.05) is 19.3 Å². The van der Waals surface area contributed by atoms with E-state index in [0.29, 0.717) is 15.9 Å². The van der Waals surface area contributed by atoms with Crippen LogP contribution in [0.25, 0.3) is 0 Å². The number of amides is 1. The highest BCUT2D eigenvalue weighted by Gasteiger charge is 2.36. The number of thioether (sulfide) groups is 1. The van der Waals surface area contributed by atoms with Gasteiger partial charge in [-0.2, -0.15) is 5.26 Å². The molecule has 0 bridgehead atoms. The van der Waals surface area contributed by atoms with Gasteiger partial charge in [0.2, 0.25) is 0 Å². The molecule has 0 radical (unpaired) electrons. The lowest BCUT2D eigenvalue weighted by molar-refractivity contribution is 0.0976. The van der Waals surface area contributed by atoms with Crippen LogP contribution in [0.2, 0.25) is 0 Å². The quantitative estimate of drug-likeness (QED) is 0.744. The first-order chi connectivity index (χ1) is 12.5. The predicted molar refractivity (Wildman–Crippen MR) is 100 cm³/mol. The average molecular weight is 393 g/mol. The van der Waals surface area contributed by atoms with E-state index >= 15 is 0 Å². The highest BCUT2D eigenvalue weighted by Crippen LogP contribution is 2.46. The zero-order chi connectivity index (χ0) is 18.7. The third-order valence-electron chi connectivity index (χ3n) is 4.59. The molecular weight excluding hydrogens is 376 g/mol. The van der Waals surface area contributed by atoms with Crippen molar-refractivity contribution < 1.29 is 13.6 Å². The molecule has 2 N–H and O–H groups in total. The summed E-state index contributed by atoms with van der Waals surface area (Å²) in [4.78, 5) is 12.1. The number of carbonyl (C=O) groups excluding carboxylic acids is 1. The van der Waals surface area contributed by atoms with Crippen LogP contribution in [-0.4, -0.2) is 16.3 Å². The highest BCUT2D eigenvalue weighted by atomic mass is 32.2. The third-order valence-corrected chi connectivity index (χ3v) is 6.22. The molecule has 1 heterocycles. The van der Waals surface area contributed by atoms with Gasteiger partial charge in [0, 0.05) is 16.7 Å². The number of hydrogen-bond acceptors (Lipinski definition) is 4. The molecule has 0 unspecified atom stereocenters. The van der Waals surface area contributed by atoms with Crippen molar-refractivity contribution in [2.75, 3.05) is 0 Å².